The van der Waals surface area contributed by atoms with E-state index in [1.165, 1.54) is 57.8 Å². The van der Waals surface area contributed by atoms with Gasteiger partial charge in [-0.1, -0.05) is 26.8 Å². The van der Waals surface area contributed by atoms with Gasteiger partial charge in [-0.3, -0.25) is 4.79 Å². The predicted molar refractivity (Wildman–Crippen MR) is 155 cm³/mol. The summed E-state index contributed by atoms with van der Waals surface area (Å²) in [6.07, 6.45) is 16.4. The number of fused-ring (bicyclic) bond motifs is 4. The molecule has 7 fully saturated rings. The molecule has 7 aliphatic rings. The highest BCUT2D eigenvalue weighted by Crippen LogP contribution is 2.86. The van der Waals surface area contributed by atoms with E-state index in [0.717, 1.165) is 30.7 Å². The lowest BCUT2D eigenvalue weighted by Gasteiger charge is -2.56. The van der Waals surface area contributed by atoms with Crippen LogP contribution in [-0.2, 0) is 19.0 Å². The highest BCUT2D eigenvalue weighted by molar-refractivity contribution is 5.78. The fraction of sp³-hybridized carbons (Fsp3) is 0.912. The Bertz CT molecular complexity index is 1030. The molecule has 0 bridgehead atoms. The molecule has 0 radical (unpaired) electrons. The van der Waals surface area contributed by atoms with Crippen molar-refractivity contribution >= 4 is 5.91 Å². The Balaban J connectivity index is 1.06. The van der Waals surface area contributed by atoms with E-state index in [1.54, 1.807) is 5.57 Å². The summed E-state index contributed by atoms with van der Waals surface area (Å²) in [4.78, 5) is 14.6. The van der Waals surface area contributed by atoms with E-state index >= 15 is 0 Å². The lowest BCUT2D eigenvalue weighted by Crippen LogP contribution is -2.52. The number of hydrogen-bond donors (Lipinski definition) is 1. The number of likely N-dealkylation sites (N-methyl/N-ethyl adjacent to an activating group) is 1. The molecule has 7 rings (SSSR count). The third kappa shape index (κ3) is 3.98. The van der Waals surface area contributed by atoms with Crippen LogP contribution in [0.25, 0.3) is 0 Å². The number of hydrogen-bond acceptors (Lipinski definition) is 5. The lowest BCUT2D eigenvalue weighted by atomic mass is 9.49. The third-order valence-electron chi connectivity index (χ3n) is 13.6. The van der Waals surface area contributed by atoms with Crippen molar-refractivity contribution in [2.45, 2.75) is 117 Å². The Kier molecular flexibility index (Phi) is 7.01. The van der Waals surface area contributed by atoms with Gasteiger partial charge in [-0.05, 0) is 124 Å². The Morgan fingerprint density at radius 1 is 1.10 bits per heavy atom. The van der Waals surface area contributed by atoms with Crippen LogP contribution in [0.3, 0.4) is 0 Å². The maximum Gasteiger partial charge on any atom is 0.225 e. The van der Waals surface area contributed by atoms with Crippen LogP contribution < -0.4 is 5.32 Å². The first kappa shape index (κ1) is 27.9. The normalized spacial score (nSPS) is 50.5. The molecule has 0 aromatic carbocycles. The van der Waals surface area contributed by atoms with Crippen LogP contribution in [0.15, 0.2) is 11.6 Å². The second kappa shape index (κ2) is 10.1. The topological polar surface area (TPSA) is 60.0 Å². The maximum atomic E-state index is 12.6. The van der Waals surface area contributed by atoms with Gasteiger partial charge in [0, 0.05) is 19.0 Å². The van der Waals surface area contributed by atoms with E-state index in [1.807, 2.05) is 18.7 Å². The van der Waals surface area contributed by atoms with E-state index in [9.17, 15) is 4.79 Å². The largest absolute Gasteiger partial charge is 0.373 e. The molecule has 1 amide bonds. The summed E-state index contributed by atoms with van der Waals surface area (Å²) in [7, 11) is 2.06. The highest BCUT2D eigenvalue weighted by atomic mass is 16.7. The minimum absolute atomic E-state index is 0.0168. The van der Waals surface area contributed by atoms with Gasteiger partial charge >= 0.3 is 0 Å². The van der Waals surface area contributed by atoms with E-state index in [0.29, 0.717) is 54.1 Å². The fourth-order valence-corrected chi connectivity index (χ4v) is 11.9. The summed E-state index contributed by atoms with van der Waals surface area (Å²) in [5.41, 5.74) is 3.07. The summed E-state index contributed by atoms with van der Waals surface area (Å²) in [5, 5.41) is 3.36. The SMILES string of the molecule is C/C=C1\C(OC2CN(C(=O)C(C)C)CCO2)CCC23CC24CCC2(C)C5CCC(CNC)OC5CC2C4CCC13. The van der Waals surface area contributed by atoms with Crippen molar-refractivity contribution in [3.63, 3.8) is 0 Å². The molecule has 11 unspecified atom stereocenters. The van der Waals surface area contributed by atoms with Crippen molar-refractivity contribution in [2.75, 3.05) is 33.3 Å². The van der Waals surface area contributed by atoms with Crippen LogP contribution in [0.5, 0.6) is 0 Å². The van der Waals surface area contributed by atoms with Gasteiger partial charge < -0.3 is 24.4 Å². The minimum atomic E-state index is -0.307. The number of ether oxygens (including phenoxy) is 3. The zero-order valence-corrected chi connectivity index (χ0v) is 25.8. The number of amides is 1. The molecule has 2 saturated heterocycles. The molecule has 0 aromatic rings. The molecule has 5 saturated carbocycles. The molecule has 224 valence electrons. The Morgan fingerprint density at radius 3 is 2.70 bits per heavy atom. The number of morpholine rings is 1. The third-order valence-corrected chi connectivity index (χ3v) is 13.6. The molecular weight excluding hydrogens is 500 g/mol. The Morgan fingerprint density at radius 2 is 1.93 bits per heavy atom. The van der Waals surface area contributed by atoms with Gasteiger partial charge in [-0.15, -0.1) is 0 Å². The van der Waals surface area contributed by atoms with Crippen molar-refractivity contribution in [1.82, 2.24) is 10.2 Å². The number of carbonyl (C=O) groups is 1. The quantitative estimate of drug-likeness (QED) is 0.451. The fourth-order valence-electron chi connectivity index (χ4n) is 11.9. The van der Waals surface area contributed by atoms with Crippen molar-refractivity contribution < 1.29 is 19.0 Å². The molecule has 2 aliphatic heterocycles. The van der Waals surface area contributed by atoms with Crippen LogP contribution in [0.1, 0.15) is 91.9 Å². The lowest BCUT2D eigenvalue weighted by molar-refractivity contribution is -0.205. The van der Waals surface area contributed by atoms with Gasteiger partial charge in [-0.2, -0.15) is 0 Å². The number of nitrogens with zero attached hydrogens (tertiary/aromatic N) is 1. The van der Waals surface area contributed by atoms with Gasteiger partial charge in [0.2, 0.25) is 5.91 Å². The van der Waals surface area contributed by atoms with Crippen molar-refractivity contribution in [1.29, 1.82) is 0 Å². The molecule has 0 aromatic heterocycles. The second-order valence-corrected chi connectivity index (χ2v) is 15.3. The number of allylic oxidation sites excluding steroid dienone is 1. The van der Waals surface area contributed by atoms with Crippen molar-refractivity contribution in [3.8, 4) is 0 Å². The van der Waals surface area contributed by atoms with Crippen molar-refractivity contribution in [3.05, 3.63) is 11.6 Å². The smallest absolute Gasteiger partial charge is 0.225 e. The number of carbonyl (C=O) groups excluding carboxylic acids is 1. The van der Waals surface area contributed by atoms with Crippen LogP contribution in [0.2, 0.25) is 0 Å². The summed E-state index contributed by atoms with van der Waals surface area (Å²) >= 11 is 0. The Hall–Kier alpha value is -0.950. The van der Waals surface area contributed by atoms with E-state index < -0.39 is 0 Å². The average Bonchev–Trinajstić information content (AvgIpc) is 3.53. The van der Waals surface area contributed by atoms with Crippen LogP contribution in [-0.4, -0.2) is 68.7 Å². The second-order valence-electron chi connectivity index (χ2n) is 15.3. The van der Waals surface area contributed by atoms with Crippen LogP contribution in [0.4, 0.5) is 0 Å². The van der Waals surface area contributed by atoms with Gasteiger partial charge in [0.05, 0.1) is 31.5 Å². The van der Waals surface area contributed by atoms with Gasteiger partial charge in [0.15, 0.2) is 6.29 Å². The van der Waals surface area contributed by atoms with E-state index in [-0.39, 0.29) is 24.2 Å². The number of rotatable bonds is 5. The first-order valence-electron chi connectivity index (χ1n) is 16.8. The zero-order valence-electron chi connectivity index (χ0n) is 25.8. The van der Waals surface area contributed by atoms with Gasteiger partial charge in [0.25, 0.3) is 0 Å². The Labute approximate surface area is 242 Å². The standard InChI is InChI=1S/C34H54N2O4/c1-6-23-24-9-10-25-27-17-29-26(8-7-22(39-29)18-35-5)32(27,4)13-14-34(25)20-33(24,34)12-11-28(23)40-30-19-36(15-16-38-30)31(37)21(2)3/h6,21-22,24-30,35H,7-20H2,1-5H3/b23-6-. The number of nitrogens with one attached hydrogen (secondary N) is 1. The molecule has 11 atom stereocenters. The summed E-state index contributed by atoms with van der Waals surface area (Å²) < 4.78 is 19.5. The molecule has 5 aliphatic carbocycles. The van der Waals surface area contributed by atoms with Gasteiger partial charge in [-0.25, -0.2) is 0 Å². The summed E-state index contributed by atoms with van der Waals surface area (Å²) in [6.45, 7) is 11.7. The van der Waals surface area contributed by atoms with Crippen LogP contribution in [0, 0.1) is 45.8 Å². The molecule has 2 spiro atoms. The highest BCUT2D eigenvalue weighted by Gasteiger charge is 2.79. The van der Waals surface area contributed by atoms with Crippen molar-refractivity contribution in [2.24, 2.45) is 45.8 Å². The molecule has 40 heavy (non-hydrogen) atoms. The monoisotopic (exact) mass is 554 g/mol. The summed E-state index contributed by atoms with van der Waals surface area (Å²) in [6, 6.07) is 0. The predicted octanol–water partition coefficient (Wildman–Crippen LogP) is 5.56. The first-order chi connectivity index (χ1) is 19.3. The minimum Gasteiger partial charge on any atom is -0.373 e. The molecule has 6 heteroatoms. The summed E-state index contributed by atoms with van der Waals surface area (Å²) in [5.74, 6) is 3.38. The van der Waals surface area contributed by atoms with Crippen LogP contribution >= 0.6 is 0 Å². The molecular formula is C34H54N2O4. The molecule has 1 N–H and O–H groups in total. The average molecular weight is 555 g/mol. The maximum absolute atomic E-state index is 12.6. The van der Waals surface area contributed by atoms with E-state index in [4.69, 9.17) is 14.2 Å². The molecule has 2 heterocycles. The zero-order chi connectivity index (χ0) is 27.9. The molecule has 6 nitrogen and oxygen atoms in total. The first-order valence-corrected chi connectivity index (χ1v) is 16.8. The van der Waals surface area contributed by atoms with E-state index in [2.05, 4.69) is 32.3 Å². The van der Waals surface area contributed by atoms with Gasteiger partial charge in [0.1, 0.15) is 0 Å².